The molecule has 1 unspecified atom stereocenters. The van der Waals surface area contributed by atoms with Gasteiger partial charge in [0.25, 0.3) is 0 Å². The maximum atomic E-state index is 13.2. The van der Waals surface area contributed by atoms with Crippen molar-refractivity contribution >= 4 is 0 Å². The summed E-state index contributed by atoms with van der Waals surface area (Å²) in [5.41, 5.74) is 0.415. The van der Waals surface area contributed by atoms with Gasteiger partial charge in [-0.1, -0.05) is 5.16 Å². The summed E-state index contributed by atoms with van der Waals surface area (Å²) >= 11 is 0. The molecule has 1 aliphatic heterocycles. The van der Waals surface area contributed by atoms with E-state index in [1.165, 1.54) is 6.07 Å². The largest absolute Gasteiger partial charge is 0.339 e. The summed E-state index contributed by atoms with van der Waals surface area (Å²) < 4.78 is 31.2. The lowest BCUT2D eigenvalue weighted by atomic mass is 10.00. The van der Waals surface area contributed by atoms with E-state index in [4.69, 9.17) is 4.52 Å². The van der Waals surface area contributed by atoms with E-state index in [2.05, 4.69) is 15.5 Å². The molecule has 0 radical (unpaired) electrons. The average molecular weight is 265 g/mol. The summed E-state index contributed by atoms with van der Waals surface area (Å²) in [6.45, 7) is 1.81. The third-order valence-electron chi connectivity index (χ3n) is 3.27. The molecule has 6 heteroatoms. The number of hydrogen-bond donors (Lipinski definition) is 1. The van der Waals surface area contributed by atoms with E-state index in [9.17, 15) is 8.78 Å². The second-order valence-corrected chi connectivity index (χ2v) is 4.63. The van der Waals surface area contributed by atoms with Gasteiger partial charge in [0.05, 0.1) is 5.92 Å². The highest BCUT2D eigenvalue weighted by Gasteiger charge is 2.21. The van der Waals surface area contributed by atoms with Crippen LogP contribution in [0.15, 0.2) is 22.7 Å². The quantitative estimate of drug-likeness (QED) is 0.906. The van der Waals surface area contributed by atoms with Crippen LogP contribution in [0.1, 0.15) is 24.7 Å². The highest BCUT2D eigenvalue weighted by atomic mass is 19.2. The fourth-order valence-corrected chi connectivity index (χ4v) is 2.22. The summed E-state index contributed by atoms with van der Waals surface area (Å²) in [4.78, 5) is 4.27. The van der Waals surface area contributed by atoms with Crippen molar-refractivity contribution in [2.75, 3.05) is 13.1 Å². The van der Waals surface area contributed by atoms with Gasteiger partial charge < -0.3 is 9.84 Å². The van der Waals surface area contributed by atoms with Crippen LogP contribution in [0.2, 0.25) is 0 Å². The predicted octanol–water partition coefficient (Wildman–Crippen LogP) is 2.48. The zero-order valence-electron chi connectivity index (χ0n) is 10.2. The van der Waals surface area contributed by atoms with Crippen molar-refractivity contribution in [3.05, 3.63) is 35.7 Å². The molecule has 1 saturated heterocycles. The lowest BCUT2D eigenvalue weighted by Crippen LogP contribution is -2.28. The van der Waals surface area contributed by atoms with Crippen LogP contribution in [0, 0.1) is 11.6 Å². The Bertz CT molecular complexity index is 579. The van der Waals surface area contributed by atoms with Gasteiger partial charge in [-0.05, 0) is 37.6 Å². The second-order valence-electron chi connectivity index (χ2n) is 4.63. The molecule has 1 aliphatic rings. The van der Waals surface area contributed by atoms with Crippen molar-refractivity contribution in [3.63, 3.8) is 0 Å². The third kappa shape index (κ3) is 2.49. The van der Waals surface area contributed by atoms with Crippen LogP contribution >= 0.6 is 0 Å². The Morgan fingerprint density at radius 1 is 1.26 bits per heavy atom. The highest BCUT2D eigenvalue weighted by molar-refractivity contribution is 5.54. The summed E-state index contributed by atoms with van der Waals surface area (Å²) in [6, 6.07) is 3.57. The molecule has 19 heavy (non-hydrogen) atoms. The smallest absolute Gasteiger partial charge is 0.231 e. The SMILES string of the molecule is Fc1ccc(-c2noc(C3CCCNC3)n2)cc1F. The first-order valence-corrected chi connectivity index (χ1v) is 6.24. The van der Waals surface area contributed by atoms with Crippen molar-refractivity contribution in [1.29, 1.82) is 0 Å². The number of halogens is 2. The van der Waals surface area contributed by atoms with E-state index in [-0.39, 0.29) is 5.92 Å². The Kier molecular flexibility index (Phi) is 3.25. The number of hydrogen-bond acceptors (Lipinski definition) is 4. The third-order valence-corrected chi connectivity index (χ3v) is 3.27. The summed E-state index contributed by atoms with van der Waals surface area (Å²) in [5, 5.41) is 7.09. The zero-order chi connectivity index (χ0) is 13.2. The van der Waals surface area contributed by atoms with Gasteiger partial charge in [0.15, 0.2) is 11.6 Å². The maximum absolute atomic E-state index is 13.2. The van der Waals surface area contributed by atoms with Crippen LogP contribution in [-0.4, -0.2) is 23.2 Å². The minimum Gasteiger partial charge on any atom is -0.339 e. The number of aromatic nitrogens is 2. The summed E-state index contributed by atoms with van der Waals surface area (Å²) in [7, 11) is 0. The minimum absolute atomic E-state index is 0.195. The molecular weight excluding hydrogens is 252 g/mol. The Hall–Kier alpha value is -1.82. The number of rotatable bonds is 2. The van der Waals surface area contributed by atoms with Gasteiger partial charge in [-0.25, -0.2) is 8.78 Å². The monoisotopic (exact) mass is 265 g/mol. The van der Waals surface area contributed by atoms with E-state index in [0.717, 1.165) is 38.1 Å². The van der Waals surface area contributed by atoms with Crippen LogP contribution in [0.3, 0.4) is 0 Å². The van der Waals surface area contributed by atoms with E-state index in [0.29, 0.717) is 17.3 Å². The number of nitrogens with zero attached hydrogens (tertiary/aromatic N) is 2. The molecule has 1 aromatic heterocycles. The molecule has 1 N–H and O–H groups in total. The summed E-state index contributed by atoms with van der Waals surface area (Å²) in [6.07, 6.45) is 2.06. The van der Waals surface area contributed by atoms with Crippen molar-refractivity contribution in [2.45, 2.75) is 18.8 Å². The number of nitrogens with one attached hydrogen (secondary N) is 1. The van der Waals surface area contributed by atoms with Crippen LogP contribution < -0.4 is 5.32 Å². The van der Waals surface area contributed by atoms with Crippen molar-refractivity contribution in [3.8, 4) is 11.4 Å². The van der Waals surface area contributed by atoms with Gasteiger partial charge in [-0.2, -0.15) is 4.98 Å². The molecule has 1 aromatic carbocycles. The Morgan fingerprint density at radius 2 is 2.16 bits per heavy atom. The van der Waals surface area contributed by atoms with E-state index >= 15 is 0 Å². The predicted molar refractivity (Wildman–Crippen MR) is 64.5 cm³/mol. The van der Waals surface area contributed by atoms with Crippen molar-refractivity contribution < 1.29 is 13.3 Å². The topological polar surface area (TPSA) is 51.0 Å². The molecule has 0 saturated carbocycles. The molecule has 0 aliphatic carbocycles. The Morgan fingerprint density at radius 3 is 2.89 bits per heavy atom. The van der Waals surface area contributed by atoms with Crippen LogP contribution in [0.25, 0.3) is 11.4 Å². The average Bonchev–Trinajstić information content (AvgIpc) is 2.93. The molecule has 100 valence electrons. The lowest BCUT2D eigenvalue weighted by Gasteiger charge is -2.18. The zero-order valence-corrected chi connectivity index (χ0v) is 10.2. The number of piperidine rings is 1. The highest BCUT2D eigenvalue weighted by Crippen LogP contribution is 2.25. The van der Waals surface area contributed by atoms with Crippen molar-refractivity contribution in [1.82, 2.24) is 15.5 Å². The molecule has 0 spiro atoms. The molecule has 1 fully saturated rings. The first-order valence-electron chi connectivity index (χ1n) is 6.24. The Labute approximate surface area is 108 Å². The van der Waals surface area contributed by atoms with Gasteiger partial charge >= 0.3 is 0 Å². The van der Waals surface area contributed by atoms with Gasteiger partial charge in [0.2, 0.25) is 11.7 Å². The maximum Gasteiger partial charge on any atom is 0.231 e. The van der Waals surface area contributed by atoms with Crippen molar-refractivity contribution in [2.24, 2.45) is 0 Å². The minimum atomic E-state index is -0.914. The van der Waals surface area contributed by atoms with Gasteiger partial charge in [0.1, 0.15) is 0 Å². The standard InChI is InChI=1S/C13H13F2N3O/c14-10-4-3-8(6-11(10)15)12-17-13(19-18-12)9-2-1-5-16-7-9/h3-4,6,9,16H,1-2,5,7H2. The molecule has 4 nitrogen and oxygen atoms in total. The van der Waals surface area contributed by atoms with Gasteiger partial charge in [0, 0.05) is 12.1 Å². The molecule has 2 heterocycles. The molecule has 2 aromatic rings. The molecule has 3 rings (SSSR count). The molecular formula is C13H13F2N3O. The Balaban J connectivity index is 1.85. The first kappa shape index (κ1) is 12.2. The molecule has 0 bridgehead atoms. The van der Waals surface area contributed by atoms with Gasteiger partial charge in [-0.3, -0.25) is 0 Å². The van der Waals surface area contributed by atoms with Crippen LogP contribution in [-0.2, 0) is 0 Å². The van der Waals surface area contributed by atoms with E-state index in [1.807, 2.05) is 0 Å². The normalized spacial score (nSPS) is 19.6. The molecule has 1 atom stereocenters. The fraction of sp³-hybridized carbons (Fsp3) is 0.385. The number of benzene rings is 1. The summed E-state index contributed by atoms with van der Waals surface area (Å²) in [5.74, 6) is -0.765. The lowest BCUT2D eigenvalue weighted by molar-refractivity contribution is 0.322. The first-order chi connectivity index (χ1) is 9.24. The molecule has 0 amide bonds. The van der Waals surface area contributed by atoms with Crippen LogP contribution in [0.5, 0.6) is 0 Å². The van der Waals surface area contributed by atoms with E-state index < -0.39 is 11.6 Å². The second kappa shape index (κ2) is 5.05. The van der Waals surface area contributed by atoms with E-state index in [1.54, 1.807) is 0 Å². The van der Waals surface area contributed by atoms with Crippen LogP contribution in [0.4, 0.5) is 8.78 Å². The van der Waals surface area contributed by atoms with Gasteiger partial charge in [-0.15, -0.1) is 0 Å². The fourth-order valence-electron chi connectivity index (χ4n) is 2.22.